The summed E-state index contributed by atoms with van der Waals surface area (Å²) in [5.41, 5.74) is 0.988. The van der Waals surface area contributed by atoms with Gasteiger partial charge in [-0.25, -0.2) is 4.79 Å². The highest BCUT2D eigenvalue weighted by Gasteiger charge is 2.02. The minimum absolute atomic E-state index is 0.246. The number of benzene rings is 1. The van der Waals surface area contributed by atoms with Gasteiger partial charge in [0, 0.05) is 12.2 Å². The van der Waals surface area contributed by atoms with E-state index in [0.29, 0.717) is 11.7 Å². The predicted octanol–water partition coefficient (Wildman–Crippen LogP) is 1.86. The third-order valence-corrected chi connectivity index (χ3v) is 2.04. The van der Waals surface area contributed by atoms with Crippen molar-refractivity contribution in [2.24, 2.45) is 0 Å². The van der Waals surface area contributed by atoms with Gasteiger partial charge in [0.1, 0.15) is 0 Å². The molecule has 0 heterocycles. The Bertz CT molecular complexity index is 401. The maximum atomic E-state index is 10.6. The first kappa shape index (κ1) is 12.2. The summed E-state index contributed by atoms with van der Waals surface area (Å²) in [5, 5.41) is 15.0. The molecule has 1 aromatic carbocycles. The lowest BCUT2D eigenvalue weighted by atomic mass is 10.2. The fourth-order valence-corrected chi connectivity index (χ4v) is 1.24. The Labute approximate surface area is 99.0 Å². The molecule has 3 N–H and O–H groups in total. The van der Waals surface area contributed by atoms with Crippen molar-refractivity contribution in [2.45, 2.75) is 0 Å². The van der Waals surface area contributed by atoms with E-state index in [0.717, 1.165) is 5.69 Å². The van der Waals surface area contributed by atoms with Gasteiger partial charge in [-0.2, -0.15) is 0 Å². The van der Waals surface area contributed by atoms with Crippen LogP contribution in [0.5, 0.6) is 0 Å². The van der Waals surface area contributed by atoms with Crippen molar-refractivity contribution in [3.05, 3.63) is 42.5 Å². The third kappa shape index (κ3) is 3.70. The van der Waals surface area contributed by atoms with Crippen molar-refractivity contribution in [1.82, 2.24) is 5.32 Å². The maximum absolute atomic E-state index is 10.6. The number of aromatic carboxylic acids is 1. The Morgan fingerprint density at radius 3 is 2.56 bits per heavy atom. The van der Waals surface area contributed by atoms with E-state index in [-0.39, 0.29) is 5.56 Å². The zero-order valence-corrected chi connectivity index (χ0v) is 9.38. The number of rotatable bonds is 4. The van der Waals surface area contributed by atoms with E-state index in [1.54, 1.807) is 18.2 Å². The lowest BCUT2D eigenvalue weighted by Crippen LogP contribution is -2.28. The largest absolute Gasteiger partial charge is 0.478 e. The van der Waals surface area contributed by atoms with Crippen LogP contribution in [0.15, 0.2) is 36.9 Å². The Balaban J connectivity index is 2.58. The van der Waals surface area contributed by atoms with Gasteiger partial charge >= 0.3 is 5.97 Å². The first-order valence-corrected chi connectivity index (χ1v) is 5.03. The van der Waals surface area contributed by atoms with E-state index >= 15 is 0 Å². The van der Waals surface area contributed by atoms with E-state index in [4.69, 9.17) is 17.3 Å². The second kappa shape index (κ2) is 5.87. The molecule has 0 unspecified atom stereocenters. The van der Waals surface area contributed by atoms with Gasteiger partial charge in [0.05, 0.1) is 5.56 Å². The van der Waals surface area contributed by atoms with Crippen molar-refractivity contribution in [1.29, 1.82) is 0 Å². The summed E-state index contributed by atoms with van der Waals surface area (Å²) in [6.45, 7) is 4.14. The van der Waals surface area contributed by atoms with E-state index in [2.05, 4.69) is 17.2 Å². The Morgan fingerprint density at radius 1 is 1.44 bits per heavy atom. The number of carboxylic acids is 1. The van der Waals surface area contributed by atoms with E-state index in [1.807, 2.05) is 0 Å². The van der Waals surface area contributed by atoms with Gasteiger partial charge in [0.25, 0.3) is 0 Å². The second-order valence-corrected chi connectivity index (χ2v) is 3.41. The molecule has 0 spiro atoms. The summed E-state index contributed by atoms with van der Waals surface area (Å²) in [4.78, 5) is 10.6. The number of carbonyl (C=O) groups is 1. The molecule has 84 valence electrons. The van der Waals surface area contributed by atoms with E-state index in [1.165, 1.54) is 12.1 Å². The number of carboxylic acid groups (broad SMARTS) is 1. The normalized spacial score (nSPS) is 9.25. The molecular weight excluding hydrogens is 224 g/mol. The topological polar surface area (TPSA) is 61.4 Å². The highest BCUT2D eigenvalue weighted by atomic mass is 32.1. The maximum Gasteiger partial charge on any atom is 0.335 e. The average Bonchev–Trinajstić information content (AvgIpc) is 2.27. The number of thiocarbonyl (C=S) groups is 1. The highest BCUT2D eigenvalue weighted by Crippen LogP contribution is 2.09. The molecule has 0 atom stereocenters. The standard InChI is InChI=1S/C11H12N2O2S/c1-2-7-12-11(16)13-9-5-3-8(4-6-9)10(14)15/h2-6H,1,7H2,(H,14,15)(H2,12,13,16). The monoisotopic (exact) mass is 236 g/mol. The van der Waals surface area contributed by atoms with Gasteiger partial charge in [-0.3, -0.25) is 0 Å². The van der Waals surface area contributed by atoms with Crippen LogP contribution >= 0.6 is 12.2 Å². The van der Waals surface area contributed by atoms with Crippen molar-refractivity contribution < 1.29 is 9.90 Å². The predicted molar refractivity (Wildman–Crippen MR) is 67.8 cm³/mol. The molecule has 0 radical (unpaired) electrons. The molecule has 0 aliphatic heterocycles. The minimum atomic E-state index is -0.945. The smallest absolute Gasteiger partial charge is 0.335 e. The van der Waals surface area contributed by atoms with Crippen LogP contribution < -0.4 is 10.6 Å². The lowest BCUT2D eigenvalue weighted by Gasteiger charge is -2.08. The third-order valence-electron chi connectivity index (χ3n) is 1.80. The summed E-state index contributed by atoms with van der Waals surface area (Å²) >= 11 is 5.00. The molecule has 1 aromatic rings. The van der Waals surface area contributed by atoms with Gasteiger partial charge in [0.15, 0.2) is 5.11 Å². The van der Waals surface area contributed by atoms with E-state index < -0.39 is 5.97 Å². The Kier molecular flexibility index (Phi) is 4.47. The van der Waals surface area contributed by atoms with Crippen LogP contribution in [0.3, 0.4) is 0 Å². The van der Waals surface area contributed by atoms with Gasteiger partial charge < -0.3 is 15.7 Å². The van der Waals surface area contributed by atoms with Crippen LogP contribution in [-0.4, -0.2) is 22.7 Å². The van der Waals surface area contributed by atoms with Gasteiger partial charge in [-0.05, 0) is 36.5 Å². The minimum Gasteiger partial charge on any atom is -0.478 e. The van der Waals surface area contributed by atoms with Crippen molar-refractivity contribution in [3.63, 3.8) is 0 Å². The molecule has 0 bridgehead atoms. The van der Waals surface area contributed by atoms with Crippen LogP contribution in [-0.2, 0) is 0 Å². The molecular formula is C11H12N2O2S. The first-order valence-electron chi connectivity index (χ1n) is 4.62. The fourth-order valence-electron chi connectivity index (χ4n) is 1.04. The van der Waals surface area contributed by atoms with Gasteiger partial charge in [0.2, 0.25) is 0 Å². The molecule has 16 heavy (non-hydrogen) atoms. The average molecular weight is 236 g/mol. The summed E-state index contributed by atoms with van der Waals surface area (Å²) in [6, 6.07) is 6.35. The van der Waals surface area contributed by atoms with Crippen LogP contribution in [0, 0.1) is 0 Å². The second-order valence-electron chi connectivity index (χ2n) is 3.01. The summed E-state index contributed by atoms with van der Waals surface area (Å²) < 4.78 is 0. The molecule has 5 heteroatoms. The molecule has 0 fully saturated rings. The van der Waals surface area contributed by atoms with Crippen molar-refractivity contribution in [3.8, 4) is 0 Å². The molecule has 1 rings (SSSR count). The SMILES string of the molecule is C=CCNC(=S)Nc1ccc(C(=O)O)cc1. The molecule has 0 aliphatic carbocycles. The van der Waals surface area contributed by atoms with E-state index in [9.17, 15) is 4.79 Å². The molecule has 0 aromatic heterocycles. The fraction of sp³-hybridized carbons (Fsp3) is 0.0909. The molecule has 0 aliphatic rings. The molecule has 4 nitrogen and oxygen atoms in total. The number of anilines is 1. The molecule has 0 saturated carbocycles. The molecule has 0 amide bonds. The highest BCUT2D eigenvalue weighted by molar-refractivity contribution is 7.80. The molecule has 0 saturated heterocycles. The Hall–Kier alpha value is -1.88. The zero-order valence-electron chi connectivity index (χ0n) is 8.56. The van der Waals surface area contributed by atoms with Crippen molar-refractivity contribution >= 4 is 29.0 Å². The summed E-state index contributed by atoms with van der Waals surface area (Å²) in [7, 11) is 0. The van der Waals surface area contributed by atoms with Crippen LogP contribution in [0.25, 0.3) is 0 Å². The first-order chi connectivity index (χ1) is 7.63. The summed E-state index contributed by atoms with van der Waals surface area (Å²) in [5.74, 6) is -0.945. The zero-order chi connectivity index (χ0) is 12.0. The van der Waals surface area contributed by atoms with Gasteiger partial charge in [-0.15, -0.1) is 6.58 Å². The van der Waals surface area contributed by atoms with Crippen LogP contribution in [0.1, 0.15) is 10.4 Å². The Morgan fingerprint density at radius 2 is 2.06 bits per heavy atom. The quantitative estimate of drug-likeness (QED) is 0.550. The number of hydrogen-bond donors (Lipinski definition) is 3. The lowest BCUT2D eigenvalue weighted by molar-refractivity contribution is 0.0697. The number of hydrogen-bond acceptors (Lipinski definition) is 2. The van der Waals surface area contributed by atoms with Crippen molar-refractivity contribution in [2.75, 3.05) is 11.9 Å². The number of nitrogens with one attached hydrogen (secondary N) is 2. The van der Waals surface area contributed by atoms with Crippen LogP contribution in [0.2, 0.25) is 0 Å². The van der Waals surface area contributed by atoms with Crippen LogP contribution in [0.4, 0.5) is 5.69 Å². The summed E-state index contributed by atoms with van der Waals surface area (Å²) in [6.07, 6.45) is 1.70. The van der Waals surface area contributed by atoms with Gasteiger partial charge in [-0.1, -0.05) is 6.08 Å².